The van der Waals surface area contributed by atoms with E-state index in [1.165, 1.54) is 19.2 Å². The van der Waals surface area contributed by atoms with Gasteiger partial charge in [0.2, 0.25) is 0 Å². The van der Waals surface area contributed by atoms with Crippen molar-refractivity contribution in [3.8, 4) is 5.75 Å². The number of methoxy groups -OCH3 is 1. The highest BCUT2D eigenvalue weighted by Gasteiger charge is 2.05. The van der Waals surface area contributed by atoms with E-state index >= 15 is 0 Å². The molecule has 0 N–H and O–H groups in total. The van der Waals surface area contributed by atoms with Gasteiger partial charge < -0.3 is 4.74 Å². The van der Waals surface area contributed by atoms with E-state index in [0.717, 1.165) is 4.47 Å². The molecule has 1 aromatic rings. The summed E-state index contributed by atoms with van der Waals surface area (Å²) < 4.78 is 18.3. The van der Waals surface area contributed by atoms with Crippen LogP contribution in [0.5, 0.6) is 5.75 Å². The monoisotopic (exact) mass is 236 g/mol. The van der Waals surface area contributed by atoms with Crippen LogP contribution in [0.2, 0.25) is 0 Å². The van der Waals surface area contributed by atoms with Crippen molar-refractivity contribution in [2.45, 2.75) is 4.90 Å². The fourth-order valence-electron chi connectivity index (χ4n) is 0.675. The van der Waals surface area contributed by atoms with Gasteiger partial charge in [-0.1, -0.05) is 0 Å². The van der Waals surface area contributed by atoms with Crippen molar-refractivity contribution in [2.75, 3.05) is 7.11 Å². The number of halogens is 2. The fraction of sp³-hybridized carbons (Fsp3) is 0.143. The lowest BCUT2D eigenvalue weighted by Crippen LogP contribution is -1.87. The molecule has 0 spiro atoms. The lowest BCUT2D eigenvalue weighted by atomic mass is 10.3. The third-order valence-electron chi connectivity index (χ3n) is 1.22. The smallest absolute Gasteiger partial charge is 0.166 e. The van der Waals surface area contributed by atoms with E-state index in [2.05, 4.69) is 28.6 Å². The zero-order chi connectivity index (χ0) is 8.43. The predicted octanol–water partition coefficient (Wildman–Crippen LogP) is 2.89. The molecule has 1 rings (SSSR count). The van der Waals surface area contributed by atoms with Gasteiger partial charge in [-0.15, -0.1) is 12.6 Å². The van der Waals surface area contributed by atoms with Crippen molar-refractivity contribution >= 4 is 28.6 Å². The largest absolute Gasteiger partial charge is 0.494 e. The van der Waals surface area contributed by atoms with Gasteiger partial charge in [-0.2, -0.15) is 0 Å². The molecular formula is C7H6BrFOS. The summed E-state index contributed by atoms with van der Waals surface area (Å²) in [4.78, 5) is 0.559. The standard InChI is InChI=1S/C7H6BrFOS/c1-10-6-2-4(8)7(11)3-5(6)9/h2-3,11H,1H3. The molecule has 0 radical (unpaired) electrons. The average molecular weight is 237 g/mol. The van der Waals surface area contributed by atoms with Crippen LogP contribution in [0.25, 0.3) is 0 Å². The summed E-state index contributed by atoms with van der Waals surface area (Å²) >= 11 is 7.21. The van der Waals surface area contributed by atoms with Gasteiger partial charge in [-0.3, -0.25) is 0 Å². The lowest BCUT2D eigenvalue weighted by molar-refractivity contribution is 0.385. The van der Waals surface area contributed by atoms with Gasteiger partial charge >= 0.3 is 0 Å². The van der Waals surface area contributed by atoms with Gasteiger partial charge in [-0.05, 0) is 28.1 Å². The second-order valence-electron chi connectivity index (χ2n) is 1.94. The maximum Gasteiger partial charge on any atom is 0.166 e. The maximum absolute atomic E-state index is 12.8. The molecule has 0 saturated carbocycles. The molecule has 0 heterocycles. The van der Waals surface area contributed by atoms with E-state index in [-0.39, 0.29) is 5.75 Å². The van der Waals surface area contributed by atoms with Crippen LogP contribution >= 0.6 is 28.6 Å². The Morgan fingerprint density at radius 2 is 2.18 bits per heavy atom. The van der Waals surface area contributed by atoms with Crippen molar-refractivity contribution in [3.63, 3.8) is 0 Å². The zero-order valence-corrected chi connectivity index (χ0v) is 8.25. The first-order valence-corrected chi connectivity index (χ1v) is 4.11. The Morgan fingerprint density at radius 3 is 2.73 bits per heavy atom. The van der Waals surface area contributed by atoms with Crippen LogP contribution in [-0.4, -0.2) is 7.11 Å². The molecule has 0 aliphatic rings. The van der Waals surface area contributed by atoms with Crippen LogP contribution < -0.4 is 4.74 Å². The Labute approximate surface area is 78.1 Å². The number of benzene rings is 1. The molecule has 0 fully saturated rings. The first-order valence-electron chi connectivity index (χ1n) is 2.87. The fourth-order valence-corrected chi connectivity index (χ4v) is 1.17. The Hall–Kier alpha value is -0.220. The van der Waals surface area contributed by atoms with E-state index in [9.17, 15) is 4.39 Å². The molecule has 0 amide bonds. The molecule has 0 atom stereocenters. The highest BCUT2D eigenvalue weighted by Crippen LogP contribution is 2.28. The van der Waals surface area contributed by atoms with E-state index < -0.39 is 5.82 Å². The topological polar surface area (TPSA) is 9.23 Å². The van der Waals surface area contributed by atoms with Crippen LogP contribution in [0.15, 0.2) is 21.5 Å². The first kappa shape index (κ1) is 8.87. The van der Waals surface area contributed by atoms with E-state index in [0.29, 0.717) is 4.90 Å². The second-order valence-corrected chi connectivity index (χ2v) is 3.27. The number of thiol groups is 1. The zero-order valence-electron chi connectivity index (χ0n) is 5.77. The summed E-state index contributed by atoms with van der Waals surface area (Å²) in [7, 11) is 1.42. The van der Waals surface area contributed by atoms with Crippen LogP contribution in [0.3, 0.4) is 0 Å². The minimum atomic E-state index is -0.402. The highest BCUT2D eigenvalue weighted by molar-refractivity contribution is 9.10. The van der Waals surface area contributed by atoms with Gasteiger partial charge in [-0.25, -0.2) is 4.39 Å². The average Bonchev–Trinajstić information content (AvgIpc) is 1.97. The number of hydrogen-bond donors (Lipinski definition) is 1. The molecule has 4 heteroatoms. The van der Waals surface area contributed by atoms with Crippen molar-refractivity contribution in [1.82, 2.24) is 0 Å². The summed E-state index contributed by atoms with van der Waals surface area (Å²) in [5.74, 6) is -0.185. The first-order chi connectivity index (χ1) is 5.15. The molecule has 60 valence electrons. The molecule has 0 aliphatic heterocycles. The SMILES string of the molecule is COc1cc(Br)c(S)cc1F. The minimum Gasteiger partial charge on any atom is -0.494 e. The number of hydrogen-bond acceptors (Lipinski definition) is 2. The minimum absolute atomic E-state index is 0.217. The molecular weight excluding hydrogens is 231 g/mol. The summed E-state index contributed by atoms with van der Waals surface area (Å²) in [5, 5.41) is 0. The Morgan fingerprint density at radius 1 is 1.55 bits per heavy atom. The molecule has 1 aromatic carbocycles. The van der Waals surface area contributed by atoms with Gasteiger partial charge in [0, 0.05) is 9.37 Å². The molecule has 11 heavy (non-hydrogen) atoms. The van der Waals surface area contributed by atoms with Gasteiger partial charge in [0.05, 0.1) is 7.11 Å². The van der Waals surface area contributed by atoms with E-state index in [1.807, 2.05) is 0 Å². The number of rotatable bonds is 1. The third-order valence-corrected chi connectivity index (χ3v) is 2.55. The summed E-state index contributed by atoms with van der Waals surface area (Å²) in [6.07, 6.45) is 0. The van der Waals surface area contributed by atoms with Crippen LogP contribution in [-0.2, 0) is 0 Å². The molecule has 1 nitrogen and oxygen atoms in total. The number of ether oxygens (including phenoxy) is 1. The molecule has 0 aliphatic carbocycles. The van der Waals surface area contributed by atoms with Gasteiger partial charge in [0.15, 0.2) is 11.6 Å². The van der Waals surface area contributed by atoms with Crippen LogP contribution in [0.4, 0.5) is 4.39 Å². The Bertz CT molecular complexity index is 277. The second kappa shape index (κ2) is 3.45. The summed E-state index contributed by atoms with van der Waals surface area (Å²) in [6.45, 7) is 0. The normalized spacial score (nSPS) is 9.82. The van der Waals surface area contributed by atoms with E-state index in [1.54, 1.807) is 0 Å². The molecule has 0 aromatic heterocycles. The van der Waals surface area contributed by atoms with Crippen molar-refractivity contribution in [2.24, 2.45) is 0 Å². The van der Waals surface area contributed by atoms with Crippen molar-refractivity contribution < 1.29 is 9.13 Å². The quantitative estimate of drug-likeness (QED) is 0.739. The van der Waals surface area contributed by atoms with Gasteiger partial charge in [0.1, 0.15) is 0 Å². The highest BCUT2D eigenvalue weighted by atomic mass is 79.9. The van der Waals surface area contributed by atoms with Crippen molar-refractivity contribution in [1.29, 1.82) is 0 Å². The van der Waals surface area contributed by atoms with E-state index in [4.69, 9.17) is 4.74 Å². The maximum atomic E-state index is 12.8. The van der Waals surface area contributed by atoms with Gasteiger partial charge in [0.25, 0.3) is 0 Å². The van der Waals surface area contributed by atoms with Crippen molar-refractivity contribution in [3.05, 3.63) is 22.4 Å². The summed E-state index contributed by atoms with van der Waals surface area (Å²) in [6, 6.07) is 2.84. The Balaban J connectivity index is 3.21. The predicted molar refractivity (Wildman–Crippen MR) is 47.9 cm³/mol. The molecule has 0 unspecified atom stereocenters. The molecule has 0 bridgehead atoms. The van der Waals surface area contributed by atoms with Crippen LogP contribution in [0, 0.1) is 5.82 Å². The summed E-state index contributed by atoms with van der Waals surface area (Å²) in [5.41, 5.74) is 0. The lowest BCUT2D eigenvalue weighted by Gasteiger charge is -2.03. The Kier molecular flexibility index (Phi) is 2.78. The molecule has 0 saturated heterocycles. The van der Waals surface area contributed by atoms with Crippen LogP contribution in [0.1, 0.15) is 0 Å². The third kappa shape index (κ3) is 1.87.